The summed E-state index contributed by atoms with van der Waals surface area (Å²) in [6.07, 6.45) is 2.17. The maximum atomic E-state index is 13.0. The standard InChI is InChI=1S/C22H26N2O4/c1-13-5-9-17(10-6-13)21(26)24(11-16-7-8-16)12-18(25)19-14(2)20(22(27)28-4)23-15(19)3/h5-6,9-10,16,23H,7-8,11-12H2,1-4H3. The summed E-state index contributed by atoms with van der Waals surface area (Å²) in [5.41, 5.74) is 3.56. The normalized spacial score (nSPS) is 13.3. The lowest BCUT2D eigenvalue weighted by molar-refractivity contribution is 0.0593. The van der Waals surface area contributed by atoms with Crippen LogP contribution in [-0.2, 0) is 4.74 Å². The third-order valence-electron chi connectivity index (χ3n) is 5.20. The van der Waals surface area contributed by atoms with Crippen molar-refractivity contribution in [3.8, 4) is 0 Å². The Morgan fingerprint density at radius 1 is 1.11 bits per heavy atom. The molecule has 0 spiro atoms. The van der Waals surface area contributed by atoms with Crippen molar-refractivity contribution in [2.45, 2.75) is 33.6 Å². The lowest BCUT2D eigenvalue weighted by Crippen LogP contribution is -2.37. The number of rotatable bonds is 7. The predicted molar refractivity (Wildman–Crippen MR) is 106 cm³/mol. The molecule has 1 aliphatic carbocycles. The van der Waals surface area contributed by atoms with Crippen LogP contribution in [0.2, 0.25) is 0 Å². The minimum Gasteiger partial charge on any atom is -0.464 e. The van der Waals surface area contributed by atoms with Crippen LogP contribution in [0.5, 0.6) is 0 Å². The Kier molecular flexibility index (Phi) is 5.68. The van der Waals surface area contributed by atoms with E-state index in [1.54, 1.807) is 30.9 Å². The maximum absolute atomic E-state index is 13.0. The highest BCUT2D eigenvalue weighted by Crippen LogP contribution is 2.30. The van der Waals surface area contributed by atoms with Gasteiger partial charge in [-0.25, -0.2) is 4.79 Å². The maximum Gasteiger partial charge on any atom is 0.354 e. The van der Waals surface area contributed by atoms with E-state index in [9.17, 15) is 14.4 Å². The molecule has 0 unspecified atom stereocenters. The summed E-state index contributed by atoms with van der Waals surface area (Å²) in [6.45, 7) is 6.00. The predicted octanol–water partition coefficient (Wildman–Crippen LogP) is 3.46. The number of carbonyl (C=O) groups excluding carboxylic acids is 3. The fourth-order valence-corrected chi connectivity index (χ4v) is 3.44. The number of methoxy groups -OCH3 is 1. The van der Waals surface area contributed by atoms with E-state index >= 15 is 0 Å². The Labute approximate surface area is 164 Å². The van der Waals surface area contributed by atoms with Crippen molar-refractivity contribution in [3.05, 3.63) is 57.9 Å². The first kappa shape index (κ1) is 19.9. The van der Waals surface area contributed by atoms with Crippen LogP contribution < -0.4 is 0 Å². The van der Waals surface area contributed by atoms with Crippen LogP contribution in [0.25, 0.3) is 0 Å². The number of H-pyrrole nitrogens is 1. The number of carbonyl (C=O) groups is 3. The average molecular weight is 382 g/mol. The molecule has 1 amide bonds. The number of Topliss-reactive ketones (excluding diaryl/α,β-unsaturated/α-hetero) is 1. The average Bonchev–Trinajstić information content (AvgIpc) is 3.43. The largest absolute Gasteiger partial charge is 0.464 e. The number of ketones is 1. The summed E-state index contributed by atoms with van der Waals surface area (Å²) in [7, 11) is 1.30. The third kappa shape index (κ3) is 4.16. The molecular formula is C22H26N2O4. The minimum absolute atomic E-state index is 0.0106. The van der Waals surface area contributed by atoms with E-state index in [-0.39, 0.29) is 23.9 Å². The molecule has 0 aliphatic heterocycles. The molecule has 0 bridgehead atoms. The van der Waals surface area contributed by atoms with Gasteiger partial charge in [0.15, 0.2) is 5.78 Å². The molecule has 1 heterocycles. The summed E-state index contributed by atoms with van der Waals surface area (Å²) < 4.78 is 4.77. The van der Waals surface area contributed by atoms with Crippen molar-refractivity contribution in [2.24, 2.45) is 5.92 Å². The number of aromatic amines is 1. The van der Waals surface area contributed by atoms with E-state index in [1.807, 2.05) is 19.1 Å². The summed E-state index contributed by atoms with van der Waals surface area (Å²) >= 11 is 0. The molecule has 6 nitrogen and oxygen atoms in total. The molecule has 1 aromatic heterocycles. The van der Waals surface area contributed by atoms with Gasteiger partial charge in [0.1, 0.15) is 5.69 Å². The summed E-state index contributed by atoms with van der Waals surface area (Å²) in [4.78, 5) is 42.5. The van der Waals surface area contributed by atoms with Gasteiger partial charge in [-0.15, -0.1) is 0 Å². The topological polar surface area (TPSA) is 79.5 Å². The molecule has 1 N–H and O–H groups in total. The van der Waals surface area contributed by atoms with E-state index in [0.717, 1.165) is 18.4 Å². The lowest BCUT2D eigenvalue weighted by atomic mass is 10.0. The van der Waals surface area contributed by atoms with Crippen molar-refractivity contribution in [1.82, 2.24) is 9.88 Å². The number of amides is 1. The van der Waals surface area contributed by atoms with Crippen molar-refractivity contribution >= 4 is 17.7 Å². The Bertz CT molecular complexity index is 907. The number of hydrogen-bond donors (Lipinski definition) is 1. The van der Waals surface area contributed by atoms with Crippen LogP contribution >= 0.6 is 0 Å². The zero-order valence-electron chi connectivity index (χ0n) is 16.8. The molecule has 1 aliphatic rings. The number of aryl methyl sites for hydroxylation is 2. The molecule has 28 heavy (non-hydrogen) atoms. The smallest absolute Gasteiger partial charge is 0.354 e. The van der Waals surface area contributed by atoms with Gasteiger partial charge < -0.3 is 14.6 Å². The molecule has 1 saturated carbocycles. The van der Waals surface area contributed by atoms with Gasteiger partial charge in [0.05, 0.1) is 13.7 Å². The highest BCUT2D eigenvalue weighted by molar-refractivity contribution is 6.05. The Hall–Kier alpha value is -2.89. The van der Waals surface area contributed by atoms with Crippen molar-refractivity contribution in [1.29, 1.82) is 0 Å². The molecule has 2 aromatic rings. The van der Waals surface area contributed by atoms with E-state index in [1.165, 1.54) is 7.11 Å². The second kappa shape index (κ2) is 8.00. The van der Waals surface area contributed by atoms with Gasteiger partial charge in [-0.3, -0.25) is 9.59 Å². The Morgan fingerprint density at radius 2 is 1.75 bits per heavy atom. The highest BCUT2D eigenvalue weighted by Gasteiger charge is 2.30. The first-order chi connectivity index (χ1) is 13.3. The van der Waals surface area contributed by atoms with Gasteiger partial charge in [0.25, 0.3) is 5.91 Å². The quantitative estimate of drug-likeness (QED) is 0.587. The SMILES string of the molecule is COC(=O)c1[nH]c(C)c(C(=O)CN(CC2CC2)C(=O)c2ccc(C)cc2)c1C. The fourth-order valence-electron chi connectivity index (χ4n) is 3.44. The minimum atomic E-state index is -0.509. The van der Waals surface area contributed by atoms with Crippen LogP contribution in [0, 0.1) is 26.7 Å². The van der Waals surface area contributed by atoms with E-state index in [4.69, 9.17) is 4.74 Å². The number of esters is 1. The molecule has 6 heteroatoms. The highest BCUT2D eigenvalue weighted by atomic mass is 16.5. The molecule has 0 saturated heterocycles. The number of hydrogen-bond acceptors (Lipinski definition) is 4. The van der Waals surface area contributed by atoms with E-state index in [0.29, 0.717) is 34.8 Å². The third-order valence-corrected chi connectivity index (χ3v) is 5.20. The number of ether oxygens (including phenoxy) is 1. The molecule has 1 fully saturated rings. The number of nitrogens with zero attached hydrogens (tertiary/aromatic N) is 1. The van der Waals surface area contributed by atoms with Gasteiger partial charge in [-0.1, -0.05) is 17.7 Å². The van der Waals surface area contributed by atoms with Crippen molar-refractivity contribution < 1.29 is 19.1 Å². The Balaban J connectivity index is 1.84. The zero-order chi connectivity index (χ0) is 20.4. The lowest BCUT2D eigenvalue weighted by Gasteiger charge is -2.22. The van der Waals surface area contributed by atoms with E-state index < -0.39 is 5.97 Å². The second-order valence-electron chi connectivity index (χ2n) is 7.53. The van der Waals surface area contributed by atoms with Crippen LogP contribution in [0.1, 0.15) is 60.9 Å². The summed E-state index contributed by atoms with van der Waals surface area (Å²) in [5, 5.41) is 0. The van der Waals surface area contributed by atoms with Gasteiger partial charge >= 0.3 is 5.97 Å². The van der Waals surface area contributed by atoms with Crippen LogP contribution in [0.4, 0.5) is 0 Å². The van der Waals surface area contributed by atoms with Crippen molar-refractivity contribution in [3.63, 3.8) is 0 Å². The van der Waals surface area contributed by atoms with Crippen LogP contribution in [0.15, 0.2) is 24.3 Å². The fraction of sp³-hybridized carbons (Fsp3) is 0.409. The number of nitrogens with one attached hydrogen (secondary N) is 1. The van der Waals surface area contributed by atoms with Gasteiger partial charge in [-0.2, -0.15) is 0 Å². The number of aromatic nitrogens is 1. The van der Waals surface area contributed by atoms with Gasteiger partial charge in [0, 0.05) is 23.4 Å². The first-order valence-electron chi connectivity index (χ1n) is 9.48. The summed E-state index contributed by atoms with van der Waals surface area (Å²) in [5.74, 6) is -0.367. The molecule has 3 rings (SSSR count). The molecule has 1 aromatic carbocycles. The second-order valence-corrected chi connectivity index (χ2v) is 7.53. The van der Waals surface area contributed by atoms with Crippen LogP contribution in [-0.4, -0.2) is 47.7 Å². The Morgan fingerprint density at radius 3 is 2.32 bits per heavy atom. The van der Waals surface area contributed by atoms with Gasteiger partial charge in [0.2, 0.25) is 0 Å². The molecule has 0 atom stereocenters. The number of benzene rings is 1. The van der Waals surface area contributed by atoms with Crippen LogP contribution in [0.3, 0.4) is 0 Å². The van der Waals surface area contributed by atoms with Gasteiger partial charge in [-0.05, 0) is 57.2 Å². The summed E-state index contributed by atoms with van der Waals surface area (Å²) in [6, 6.07) is 7.38. The van der Waals surface area contributed by atoms with E-state index in [2.05, 4.69) is 4.98 Å². The van der Waals surface area contributed by atoms with Crippen molar-refractivity contribution in [2.75, 3.05) is 20.2 Å². The first-order valence-corrected chi connectivity index (χ1v) is 9.48. The molecule has 0 radical (unpaired) electrons. The zero-order valence-corrected chi connectivity index (χ0v) is 16.8. The monoisotopic (exact) mass is 382 g/mol. The molecular weight excluding hydrogens is 356 g/mol. The molecule has 148 valence electrons.